The predicted octanol–water partition coefficient (Wildman–Crippen LogP) is 2.99. The summed E-state index contributed by atoms with van der Waals surface area (Å²) in [6, 6.07) is 5.88. The molecule has 2 fully saturated rings. The number of carbonyl (C=O) groups is 1. The van der Waals surface area contributed by atoms with Gasteiger partial charge in [-0.25, -0.2) is 4.79 Å². The van der Waals surface area contributed by atoms with Gasteiger partial charge in [0.2, 0.25) is 0 Å². The van der Waals surface area contributed by atoms with Gasteiger partial charge >= 0.3 is 6.03 Å². The highest BCUT2D eigenvalue weighted by Crippen LogP contribution is 2.52. The smallest absolute Gasteiger partial charge is 0.319 e. The quantitative estimate of drug-likeness (QED) is 0.910. The summed E-state index contributed by atoms with van der Waals surface area (Å²) in [5.41, 5.74) is 1.80. The maximum atomic E-state index is 12.4. The maximum absolute atomic E-state index is 12.4. The molecule has 2 amide bonds. The number of ether oxygens (including phenoxy) is 1. The number of amides is 2. The number of rotatable bonds is 3. The van der Waals surface area contributed by atoms with Crippen molar-refractivity contribution in [1.82, 2.24) is 15.1 Å². The van der Waals surface area contributed by atoms with Crippen LogP contribution in [0.4, 0.5) is 10.5 Å². The number of nitrogens with one attached hydrogen (secondary N) is 2. The van der Waals surface area contributed by atoms with Gasteiger partial charge in [-0.1, -0.05) is 13.8 Å². The van der Waals surface area contributed by atoms with Gasteiger partial charge in [-0.05, 0) is 31.5 Å². The van der Waals surface area contributed by atoms with Crippen molar-refractivity contribution < 1.29 is 9.53 Å². The average Bonchev–Trinajstić information content (AvgIpc) is 3.17. The molecular weight excluding hydrogens is 304 g/mol. The molecule has 24 heavy (non-hydrogen) atoms. The van der Waals surface area contributed by atoms with E-state index in [1.807, 2.05) is 29.1 Å². The van der Waals surface area contributed by atoms with E-state index in [1.165, 1.54) is 0 Å². The molecule has 2 N–H and O–H groups in total. The lowest BCUT2D eigenvalue weighted by Crippen LogP contribution is -2.67. The van der Waals surface area contributed by atoms with Gasteiger partial charge in [-0.2, -0.15) is 5.10 Å². The Morgan fingerprint density at radius 1 is 1.46 bits per heavy atom. The first kappa shape index (κ1) is 15.4. The molecule has 3 atom stereocenters. The molecular formula is C18H24N4O2. The van der Waals surface area contributed by atoms with Crippen LogP contribution in [0.1, 0.15) is 27.2 Å². The number of benzene rings is 1. The van der Waals surface area contributed by atoms with Gasteiger partial charge in [-0.3, -0.25) is 4.68 Å². The summed E-state index contributed by atoms with van der Waals surface area (Å²) in [7, 11) is 0. The van der Waals surface area contributed by atoms with Crippen LogP contribution in [0, 0.1) is 11.3 Å². The van der Waals surface area contributed by atoms with Crippen LogP contribution in [0.3, 0.4) is 0 Å². The molecule has 0 spiro atoms. The van der Waals surface area contributed by atoms with E-state index in [4.69, 9.17) is 4.74 Å². The third-order valence-electron chi connectivity index (χ3n) is 5.59. The molecule has 2 aliphatic rings. The second-order valence-corrected chi connectivity index (χ2v) is 7.38. The lowest BCUT2D eigenvalue weighted by molar-refractivity contribution is -0.107. The standard InChI is InChI=1S/C18H24N4O2/c1-4-22-14-9-12(6-5-11(14)10-19-22)20-17(23)21-15-13-7-8-24-16(13)18(15,2)3/h5-6,9-10,13,15-16H,4,7-8H2,1-3H3,(H2,20,21,23)/t13-,15+,16+/m0/s1. The normalized spacial score (nSPS) is 27.5. The zero-order valence-electron chi connectivity index (χ0n) is 14.4. The zero-order chi connectivity index (χ0) is 16.9. The number of anilines is 1. The Bertz CT molecular complexity index is 782. The van der Waals surface area contributed by atoms with Crippen molar-refractivity contribution in [1.29, 1.82) is 0 Å². The van der Waals surface area contributed by atoms with E-state index in [0.29, 0.717) is 5.92 Å². The van der Waals surface area contributed by atoms with Crippen LogP contribution in [-0.2, 0) is 11.3 Å². The lowest BCUT2D eigenvalue weighted by atomic mass is 9.57. The summed E-state index contributed by atoms with van der Waals surface area (Å²) < 4.78 is 7.71. The molecule has 6 heteroatoms. The molecule has 6 nitrogen and oxygen atoms in total. The number of fused-ring (bicyclic) bond motifs is 2. The Kier molecular flexibility index (Phi) is 3.53. The first-order valence-electron chi connectivity index (χ1n) is 8.65. The number of urea groups is 1. The van der Waals surface area contributed by atoms with E-state index >= 15 is 0 Å². The second-order valence-electron chi connectivity index (χ2n) is 7.38. The fourth-order valence-corrected chi connectivity index (χ4v) is 4.33. The Balaban J connectivity index is 1.46. The van der Waals surface area contributed by atoms with Gasteiger partial charge in [0.1, 0.15) is 0 Å². The van der Waals surface area contributed by atoms with Crippen molar-refractivity contribution >= 4 is 22.6 Å². The molecule has 1 aliphatic heterocycles. The SMILES string of the molecule is CCn1ncc2ccc(NC(=O)N[C@@H]3[C@@H]4CCO[C@H]4C3(C)C)cc21. The first-order valence-corrected chi connectivity index (χ1v) is 8.65. The van der Waals surface area contributed by atoms with Crippen molar-refractivity contribution in [2.45, 2.75) is 45.9 Å². The van der Waals surface area contributed by atoms with Crippen LogP contribution >= 0.6 is 0 Å². The van der Waals surface area contributed by atoms with Gasteiger partial charge in [-0.15, -0.1) is 0 Å². The van der Waals surface area contributed by atoms with Crippen molar-refractivity contribution in [3.8, 4) is 0 Å². The molecule has 0 bridgehead atoms. The summed E-state index contributed by atoms with van der Waals surface area (Å²) >= 11 is 0. The minimum absolute atomic E-state index is 0.0106. The highest BCUT2D eigenvalue weighted by Gasteiger charge is 2.59. The van der Waals surface area contributed by atoms with Crippen LogP contribution < -0.4 is 10.6 Å². The fourth-order valence-electron chi connectivity index (χ4n) is 4.33. The summed E-state index contributed by atoms with van der Waals surface area (Å²) in [6.45, 7) is 7.99. The molecule has 1 aromatic heterocycles. The molecule has 128 valence electrons. The lowest BCUT2D eigenvalue weighted by Gasteiger charge is -2.54. The minimum atomic E-state index is -0.152. The van der Waals surface area contributed by atoms with Crippen molar-refractivity contribution in [3.63, 3.8) is 0 Å². The Labute approximate surface area is 141 Å². The summed E-state index contributed by atoms with van der Waals surface area (Å²) in [4.78, 5) is 12.4. The summed E-state index contributed by atoms with van der Waals surface area (Å²) in [6.07, 6.45) is 3.15. The topological polar surface area (TPSA) is 68.2 Å². The third-order valence-corrected chi connectivity index (χ3v) is 5.59. The van der Waals surface area contributed by atoms with E-state index in [1.54, 1.807) is 0 Å². The van der Waals surface area contributed by atoms with Crippen LogP contribution in [0.5, 0.6) is 0 Å². The largest absolute Gasteiger partial charge is 0.377 e. The molecule has 2 aromatic rings. The summed E-state index contributed by atoms with van der Waals surface area (Å²) in [5.74, 6) is 0.440. The van der Waals surface area contributed by atoms with E-state index < -0.39 is 0 Å². The highest BCUT2D eigenvalue weighted by atomic mass is 16.5. The third kappa shape index (κ3) is 2.28. The number of aromatic nitrogens is 2. The number of nitrogens with zero attached hydrogens (tertiary/aromatic N) is 2. The van der Waals surface area contributed by atoms with Crippen LogP contribution in [0.15, 0.2) is 24.4 Å². The van der Waals surface area contributed by atoms with E-state index in [9.17, 15) is 4.79 Å². The molecule has 0 radical (unpaired) electrons. The number of carbonyl (C=O) groups excluding carboxylic acids is 1. The predicted molar refractivity (Wildman–Crippen MR) is 93.0 cm³/mol. The Hall–Kier alpha value is -2.08. The fraction of sp³-hybridized carbons (Fsp3) is 0.556. The van der Waals surface area contributed by atoms with Crippen molar-refractivity contribution in [3.05, 3.63) is 24.4 Å². The van der Waals surface area contributed by atoms with Gasteiger partial charge in [0.05, 0.1) is 17.8 Å². The van der Waals surface area contributed by atoms with Gasteiger partial charge < -0.3 is 15.4 Å². The second kappa shape index (κ2) is 5.48. The molecule has 0 unspecified atom stereocenters. The Morgan fingerprint density at radius 2 is 2.29 bits per heavy atom. The first-order chi connectivity index (χ1) is 11.5. The zero-order valence-corrected chi connectivity index (χ0v) is 14.4. The van der Waals surface area contributed by atoms with Crippen LogP contribution in [0.2, 0.25) is 0 Å². The summed E-state index contributed by atoms with van der Waals surface area (Å²) in [5, 5.41) is 11.5. The van der Waals surface area contributed by atoms with Crippen molar-refractivity contribution in [2.75, 3.05) is 11.9 Å². The van der Waals surface area contributed by atoms with Crippen LogP contribution in [0.25, 0.3) is 10.9 Å². The molecule has 1 aromatic carbocycles. The van der Waals surface area contributed by atoms with E-state index in [-0.39, 0.29) is 23.6 Å². The highest BCUT2D eigenvalue weighted by molar-refractivity contribution is 5.92. The molecule has 1 saturated carbocycles. The van der Waals surface area contributed by atoms with Gasteiger partial charge in [0, 0.05) is 41.6 Å². The average molecular weight is 328 g/mol. The molecule has 1 aliphatic carbocycles. The van der Waals surface area contributed by atoms with E-state index in [2.05, 4.69) is 36.5 Å². The number of aryl methyl sites for hydroxylation is 1. The maximum Gasteiger partial charge on any atom is 0.319 e. The Morgan fingerprint density at radius 3 is 3.08 bits per heavy atom. The molecule has 2 heterocycles. The van der Waals surface area contributed by atoms with Crippen LogP contribution in [-0.4, -0.2) is 34.6 Å². The molecule has 1 saturated heterocycles. The van der Waals surface area contributed by atoms with Gasteiger partial charge in [0.15, 0.2) is 0 Å². The number of hydrogen-bond acceptors (Lipinski definition) is 3. The minimum Gasteiger partial charge on any atom is -0.377 e. The van der Waals surface area contributed by atoms with E-state index in [0.717, 1.165) is 36.2 Å². The van der Waals surface area contributed by atoms with Crippen molar-refractivity contribution in [2.24, 2.45) is 11.3 Å². The molecule has 4 rings (SSSR count). The van der Waals surface area contributed by atoms with Gasteiger partial charge in [0.25, 0.3) is 0 Å². The monoisotopic (exact) mass is 328 g/mol. The number of hydrogen-bond donors (Lipinski definition) is 2.